The van der Waals surface area contributed by atoms with Gasteiger partial charge in [0.1, 0.15) is 6.07 Å². The molecule has 0 radical (unpaired) electrons. The summed E-state index contributed by atoms with van der Waals surface area (Å²) in [7, 11) is 0. The molecule has 1 saturated heterocycles. The largest absolute Gasteiger partial charge is 0.377 e. The lowest BCUT2D eigenvalue weighted by Gasteiger charge is -2.26. The summed E-state index contributed by atoms with van der Waals surface area (Å²) in [6.07, 6.45) is 1.05. The van der Waals surface area contributed by atoms with Gasteiger partial charge in [-0.25, -0.2) is 0 Å². The molecule has 2 N–H and O–H groups in total. The Morgan fingerprint density at radius 3 is 3.00 bits per heavy atom. The summed E-state index contributed by atoms with van der Waals surface area (Å²) >= 11 is 5.98. The third-order valence-corrected chi connectivity index (χ3v) is 3.25. The molecule has 1 heterocycles. The van der Waals surface area contributed by atoms with Crippen LogP contribution in [0.15, 0.2) is 18.2 Å². The van der Waals surface area contributed by atoms with Gasteiger partial charge in [-0.15, -0.1) is 0 Å². The molecule has 84 valence electrons. The van der Waals surface area contributed by atoms with E-state index in [2.05, 4.69) is 23.6 Å². The quantitative estimate of drug-likeness (QED) is 0.828. The molecule has 1 unspecified atom stereocenters. The molecule has 1 aliphatic heterocycles. The molecule has 0 saturated carbocycles. The zero-order valence-corrected chi connectivity index (χ0v) is 9.93. The van der Waals surface area contributed by atoms with E-state index in [1.807, 2.05) is 12.1 Å². The molecule has 1 atom stereocenters. The zero-order chi connectivity index (χ0) is 11.6. The molecule has 0 aliphatic carbocycles. The lowest BCUT2D eigenvalue weighted by atomic mass is 10.0. The van der Waals surface area contributed by atoms with Crippen LogP contribution in [0.25, 0.3) is 0 Å². The summed E-state index contributed by atoms with van der Waals surface area (Å²) in [6.45, 7) is 4.06. The molecule has 1 aliphatic rings. The first-order valence-electron chi connectivity index (χ1n) is 5.32. The highest BCUT2D eigenvalue weighted by molar-refractivity contribution is 6.32. The molecule has 0 spiro atoms. The molecule has 1 aromatic rings. The minimum atomic E-state index is 0.0102. The van der Waals surface area contributed by atoms with Crippen molar-refractivity contribution in [2.75, 3.05) is 18.4 Å². The van der Waals surface area contributed by atoms with Crippen LogP contribution in [0.4, 0.5) is 5.69 Å². The summed E-state index contributed by atoms with van der Waals surface area (Å²) in [6, 6.07) is 7.63. The molecule has 0 bridgehead atoms. The van der Waals surface area contributed by atoms with Gasteiger partial charge in [0.25, 0.3) is 0 Å². The van der Waals surface area contributed by atoms with Crippen molar-refractivity contribution >= 4 is 17.3 Å². The molecule has 0 amide bonds. The Labute approximate surface area is 100 Å². The van der Waals surface area contributed by atoms with Crippen LogP contribution >= 0.6 is 11.6 Å². The number of anilines is 1. The first-order valence-corrected chi connectivity index (χ1v) is 5.70. The molecule has 1 aromatic carbocycles. The van der Waals surface area contributed by atoms with E-state index in [0.717, 1.165) is 25.2 Å². The van der Waals surface area contributed by atoms with Crippen LogP contribution in [0.3, 0.4) is 0 Å². The minimum absolute atomic E-state index is 0.0102. The van der Waals surface area contributed by atoms with Gasteiger partial charge in [0.15, 0.2) is 0 Å². The van der Waals surface area contributed by atoms with Crippen molar-refractivity contribution in [1.29, 1.82) is 5.26 Å². The smallest absolute Gasteiger partial charge is 0.103 e. The molecule has 1 fully saturated rings. The summed E-state index contributed by atoms with van der Waals surface area (Å²) in [5, 5.41) is 16.3. The fourth-order valence-electron chi connectivity index (χ4n) is 1.99. The van der Waals surface area contributed by atoms with Gasteiger partial charge in [-0.3, -0.25) is 0 Å². The van der Waals surface area contributed by atoms with Crippen LogP contribution < -0.4 is 10.6 Å². The number of hydrogen-bond acceptors (Lipinski definition) is 3. The number of nitrogens with one attached hydrogen (secondary N) is 2. The van der Waals surface area contributed by atoms with Crippen molar-refractivity contribution in [1.82, 2.24) is 5.32 Å². The SMILES string of the molecule is CC1(Nc2cccc(Cl)c2C#N)CCNC1. The molecule has 3 nitrogen and oxygen atoms in total. The van der Waals surface area contributed by atoms with Crippen molar-refractivity contribution in [2.45, 2.75) is 18.9 Å². The lowest BCUT2D eigenvalue weighted by Crippen LogP contribution is -2.37. The van der Waals surface area contributed by atoms with Gasteiger partial charge < -0.3 is 10.6 Å². The second-order valence-electron chi connectivity index (χ2n) is 4.39. The summed E-state index contributed by atoms with van der Waals surface area (Å²) in [5.41, 5.74) is 1.36. The number of nitriles is 1. The van der Waals surface area contributed by atoms with E-state index >= 15 is 0 Å². The average molecular weight is 236 g/mol. The van der Waals surface area contributed by atoms with E-state index in [-0.39, 0.29) is 5.54 Å². The monoisotopic (exact) mass is 235 g/mol. The zero-order valence-electron chi connectivity index (χ0n) is 9.18. The van der Waals surface area contributed by atoms with Gasteiger partial charge in [-0.1, -0.05) is 17.7 Å². The Kier molecular flexibility index (Phi) is 3.04. The second kappa shape index (κ2) is 4.32. The van der Waals surface area contributed by atoms with Crippen molar-refractivity contribution in [3.8, 4) is 6.07 Å². The predicted octanol–water partition coefficient (Wildman–Crippen LogP) is 2.38. The number of benzene rings is 1. The van der Waals surface area contributed by atoms with Gasteiger partial charge in [-0.2, -0.15) is 5.26 Å². The van der Waals surface area contributed by atoms with Crippen LogP contribution in [0.2, 0.25) is 5.02 Å². The Morgan fingerprint density at radius 1 is 1.56 bits per heavy atom. The van der Waals surface area contributed by atoms with Crippen LogP contribution in [0.5, 0.6) is 0 Å². The van der Waals surface area contributed by atoms with Crippen LogP contribution in [-0.4, -0.2) is 18.6 Å². The first-order chi connectivity index (χ1) is 7.64. The first kappa shape index (κ1) is 11.3. The van der Waals surface area contributed by atoms with Crippen molar-refractivity contribution < 1.29 is 0 Å². The predicted molar refractivity (Wildman–Crippen MR) is 65.7 cm³/mol. The van der Waals surface area contributed by atoms with E-state index in [0.29, 0.717) is 10.6 Å². The Balaban J connectivity index is 2.28. The molecule has 4 heteroatoms. The van der Waals surface area contributed by atoms with Crippen molar-refractivity contribution in [3.05, 3.63) is 28.8 Å². The number of halogens is 1. The van der Waals surface area contributed by atoms with E-state index < -0.39 is 0 Å². The molecular weight excluding hydrogens is 222 g/mol. The van der Waals surface area contributed by atoms with Gasteiger partial charge in [-0.05, 0) is 32.0 Å². The summed E-state index contributed by atoms with van der Waals surface area (Å²) < 4.78 is 0. The Hall–Kier alpha value is -1.24. The minimum Gasteiger partial charge on any atom is -0.377 e. The van der Waals surface area contributed by atoms with Gasteiger partial charge in [0, 0.05) is 12.1 Å². The number of nitrogens with zero attached hydrogens (tertiary/aromatic N) is 1. The summed E-state index contributed by atoms with van der Waals surface area (Å²) in [4.78, 5) is 0. The van der Waals surface area contributed by atoms with Crippen molar-refractivity contribution in [2.24, 2.45) is 0 Å². The summed E-state index contributed by atoms with van der Waals surface area (Å²) in [5.74, 6) is 0. The van der Waals surface area contributed by atoms with Gasteiger partial charge >= 0.3 is 0 Å². The Morgan fingerprint density at radius 2 is 2.38 bits per heavy atom. The standard InChI is InChI=1S/C12H14ClN3/c1-12(5-6-15-8-12)16-11-4-2-3-10(13)9(11)7-14/h2-4,15-16H,5-6,8H2,1H3. The van der Waals surface area contributed by atoms with Gasteiger partial charge in [0.2, 0.25) is 0 Å². The maximum Gasteiger partial charge on any atom is 0.103 e. The van der Waals surface area contributed by atoms with E-state index in [4.69, 9.17) is 16.9 Å². The van der Waals surface area contributed by atoms with E-state index in [9.17, 15) is 0 Å². The van der Waals surface area contributed by atoms with E-state index in [1.54, 1.807) is 6.07 Å². The third kappa shape index (κ3) is 2.13. The van der Waals surface area contributed by atoms with Crippen LogP contribution in [0.1, 0.15) is 18.9 Å². The van der Waals surface area contributed by atoms with E-state index in [1.165, 1.54) is 0 Å². The molecule has 16 heavy (non-hydrogen) atoms. The number of rotatable bonds is 2. The Bertz CT molecular complexity index is 430. The van der Waals surface area contributed by atoms with Crippen LogP contribution in [-0.2, 0) is 0 Å². The third-order valence-electron chi connectivity index (χ3n) is 2.93. The number of hydrogen-bond donors (Lipinski definition) is 2. The highest BCUT2D eigenvalue weighted by Crippen LogP contribution is 2.27. The molecule has 0 aromatic heterocycles. The lowest BCUT2D eigenvalue weighted by molar-refractivity contribution is 0.567. The van der Waals surface area contributed by atoms with Crippen LogP contribution in [0, 0.1) is 11.3 Å². The highest BCUT2D eigenvalue weighted by Gasteiger charge is 2.28. The second-order valence-corrected chi connectivity index (χ2v) is 4.79. The molecular formula is C12H14ClN3. The maximum absolute atomic E-state index is 9.07. The average Bonchev–Trinajstić information content (AvgIpc) is 2.65. The maximum atomic E-state index is 9.07. The van der Waals surface area contributed by atoms with Crippen molar-refractivity contribution in [3.63, 3.8) is 0 Å². The topological polar surface area (TPSA) is 47.9 Å². The fourth-order valence-corrected chi connectivity index (χ4v) is 2.21. The van der Waals surface area contributed by atoms with Gasteiger partial charge in [0.05, 0.1) is 16.3 Å². The normalized spacial score (nSPS) is 24.1. The highest BCUT2D eigenvalue weighted by atomic mass is 35.5. The molecule has 2 rings (SSSR count). The fraction of sp³-hybridized carbons (Fsp3) is 0.417.